The number of amides is 5. The fourth-order valence-electron chi connectivity index (χ4n) is 11.1. The summed E-state index contributed by atoms with van der Waals surface area (Å²) in [6.07, 6.45) is 23.6. The van der Waals surface area contributed by atoms with E-state index in [1.165, 1.54) is 17.0 Å². The number of nitrogens with one attached hydrogen (secondary N) is 6. The van der Waals surface area contributed by atoms with E-state index in [1.807, 2.05) is 76.3 Å². The number of aliphatic hydroxyl groups excluding tert-OH is 1. The van der Waals surface area contributed by atoms with Crippen LogP contribution < -0.4 is 43.4 Å². The minimum Gasteiger partial charge on any atom is -0.492 e. The average Bonchev–Trinajstić information content (AvgIpc) is 1.80. The van der Waals surface area contributed by atoms with E-state index in [4.69, 9.17) is 25.7 Å². The third-order valence-corrected chi connectivity index (χ3v) is 16.6. The molecule has 0 spiro atoms. The van der Waals surface area contributed by atoms with E-state index in [0.717, 1.165) is 17.6 Å². The molecule has 0 aliphatic carbocycles. The molecule has 2 aliphatic rings. The molecule has 2 aromatic carbocycles. The minimum absolute atomic E-state index is 0.0187. The quantitative estimate of drug-likeness (QED) is 0.00844. The molecular weight excluding hydrogens is 1270 g/mol. The van der Waals surface area contributed by atoms with E-state index >= 15 is 0 Å². The number of aliphatic carboxylic acids is 1. The average molecular weight is 1360 g/mol. The summed E-state index contributed by atoms with van der Waals surface area (Å²) in [7, 11) is 0. The molecule has 1 fully saturated rings. The number of aromatic nitrogens is 7. The van der Waals surface area contributed by atoms with Gasteiger partial charge in [0.05, 0.1) is 67.0 Å². The van der Waals surface area contributed by atoms with Gasteiger partial charge >= 0.3 is 18.0 Å². The molecule has 0 saturated carbocycles. The van der Waals surface area contributed by atoms with Gasteiger partial charge in [0.2, 0.25) is 23.6 Å². The Balaban J connectivity index is 0.848. The number of nitrogens with two attached hydrogens (primary N) is 2. The van der Waals surface area contributed by atoms with Gasteiger partial charge in [0.25, 0.3) is 11.8 Å². The molecule has 0 radical (unpaired) electrons. The first-order valence-electron chi connectivity index (χ1n) is 33.5. The summed E-state index contributed by atoms with van der Waals surface area (Å²) in [6, 6.07) is 9.97. The number of esters is 1. The Morgan fingerprint density at radius 1 is 0.879 bits per heavy atom. The van der Waals surface area contributed by atoms with Crippen molar-refractivity contribution in [3.63, 3.8) is 0 Å². The van der Waals surface area contributed by atoms with Gasteiger partial charge in [-0.1, -0.05) is 78.8 Å². The standard InChI is InChI=1S/C71H93N15O13/c1-7-14-59-47(6)58(87)39-60(99-59)55(19-12-15-43(2)37-45(4)38-44(3)21-31-54-16-13-20-62(89)98-54)81-71(96)97-36-33-51-42-86(85-84-51)53-29-25-48(26-30-53)65(90)74-35-11-9-17-56(67(92)80-57(69(94)95)18-8-10-34-72)79-61(88)32-22-46(5)77-66(91)49-23-27-50(28-24-49)75-40-52-41-76-64-63(78-52)68(93)83-70(73)82-64/h7,12-15,19-21,23-31,38,41-42,45-47,54-60,75,87H,8-11,16-18,22,32-37,39-40,72H2,1-6H3,(H,74,90)(H,77,91)(H,79,88)(H,80,92)(H,81,96)(H,94,95)(H3,73,76,82,83,93)/b14-7+,19-12+,31-21+,43-15+,44-38-/t45-,46-,47+,54?,55-,56+,57-,58-,59?,60?/m1/s1. The highest BCUT2D eigenvalue weighted by Gasteiger charge is 2.37. The monoisotopic (exact) mass is 1360 g/mol. The lowest BCUT2D eigenvalue weighted by Gasteiger charge is -2.39. The van der Waals surface area contributed by atoms with Gasteiger partial charge in [-0.15, -0.1) is 5.10 Å². The Bertz CT molecular complexity index is 3740. The molecule has 1 saturated heterocycles. The molecule has 99 heavy (non-hydrogen) atoms. The van der Waals surface area contributed by atoms with Crippen LogP contribution in [0.15, 0.2) is 133 Å². The molecule has 5 heterocycles. The zero-order valence-electron chi connectivity index (χ0n) is 56.8. The number of unbranched alkanes of at least 4 members (excludes halogenated alkanes) is 2. The SMILES string of the molecule is C/C=C/C1OC([C@@H](/C=C/C=C(\C)C[C@@H](C)/C=C(C)\C=C\C2CC=CC(=O)O2)NC(=O)OCCc2cn(-c3ccc(C(=O)NCCCC[C@H](NC(=O)CC[C@@H](C)NC(=O)c4ccc(NCc5cnc6nc(N)nc(O)c6n5)cc4)C(=O)N[C@H](CCCCN)C(=O)O)cc3)nn2)C[C@@H](O)[C@@H]1C. The second kappa shape index (κ2) is 38.7. The number of hydrogen-bond acceptors (Lipinski definition) is 21. The number of benzene rings is 2. The van der Waals surface area contributed by atoms with E-state index in [2.05, 4.69) is 75.1 Å². The van der Waals surface area contributed by atoms with Gasteiger partial charge in [-0.2, -0.15) is 9.97 Å². The first-order valence-corrected chi connectivity index (χ1v) is 33.5. The Hall–Kier alpha value is -10.2. The highest BCUT2D eigenvalue weighted by Crippen LogP contribution is 2.29. The van der Waals surface area contributed by atoms with Crippen LogP contribution in [0.25, 0.3) is 16.9 Å². The number of rotatable bonds is 36. The van der Waals surface area contributed by atoms with Crippen molar-refractivity contribution in [2.24, 2.45) is 17.6 Å². The van der Waals surface area contributed by atoms with Crippen molar-refractivity contribution < 1.29 is 63.1 Å². The summed E-state index contributed by atoms with van der Waals surface area (Å²) in [5.74, 6) is -3.89. The molecule has 3 aromatic heterocycles. The normalized spacial score (nSPS) is 18.9. The van der Waals surface area contributed by atoms with Crippen molar-refractivity contribution >= 4 is 64.5 Å². The summed E-state index contributed by atoms with van der Waals surface area (Å²) >= 11 is 0. The van der Waals surface area contributed by atoms with Gasteiger partial charge in [-0.25, -0.2) is 29.0 Å². The van der Waals surface area contributed by atoms with Gasteiger partial charge in [-0.05, 0) is 146 Å². The molecule has 7 rings (SSSR count). The molecular formula is C71H93N15O13. The zero-order chi connectivity index (χ0) is 71.4. The number of aliphatic hydroxyl groups is 1. The lowest BCUT2D eigenvalue weighted by Crippen LogP contribution is -2.51. The number of cyclic esters (lactones) is 1. The summed E-state index contributed by atoms with van der Waals surface area (Å²) < 4.78 is 18.9. The zero-order valence-corrected chi connectivity index (χ0v) is 56.8. The number of fused-ring (bicyclic) bond motifs is 1. The van der Waals surface area contributed by atoms with Crippen molar-refractivity contribution in [3.8, 4) is 11.6 Å². The maximum absolute atomic E-state index is 13.6. The van der Waals surface area contributed by atoms with Gasteiger partial charge in [0, 0.05) is 67.1 Å². The molecule has 530 valence electrons. The van der Waals surface area contributed by atoms with E-state index in [9.17, 15) is 48.9 Å². The minimum atomic E-state index is -1.22. The van der Waals surface area contributed by atoms with Crippen LogP contribution in [-0.4, -0.2) is 160 Å². The molecule has 2 aliphatic heterocycles. The fourth-order valence-corrected chi connectivity index (χ4v) is 11.1. The Labute approximate surface area is 575 Å². The molecule has 10 atom stereocenters. The number of alkyl carbamates (subject to hydrolysis) is 1. The number of anilines is 2. The Morgan fingerprint density at radius 2 is 1.62 bits per heavy atom. The van der Waals surface area contributed by atoms with Gasteiger partial charge in [0.1, 0.15) is 18.2 Å². The van der Waals surface area contributed by atoms with Crippen LogP contribution in [0.5, 0.6) is 5.88 Å². The first-order chi connectivity index (χ1) is 47.5. The summed E-state index contributed by atoms with van der Waals surface area (Å²) in [5.41, 5.74) is 16.7. The largest absolute Gasteiger partial charge is 0.492 e. The second-order valence-electron chi connectivity index (χ2n) is 24.9. The highest BCUT2D eigenvalue weighted by atomic mass is 16.6. The third-order valence-electron chi connectivity index (χ3n) is 16.6. The van der Waals surface area contributed by atoms with Crippen molar-refractivity contribution in [2.45, 2.75) is 174 Å². The number of carboxylic acids is 1. The van der Waals surface area contributed by atoms with Crippen molar-refractivity contribution in [1.29, 1.82) is 0 Å². The van der Waals surface area contributed by atoms with E-state index in [0.29, 0.717) is 79.0 Å². The lowest BCUT2D eigenvalue weighted by molar-refractivity contribution is -0.142. The van der Waals surface area contributed by atoms with Gasteiger partial charge < -0.3 is 72.9 Å². The van der Waals surface area contributed by atoms with Crippen molar-refractivity contribution in [2.75, 3.05) is 30.7 Å². The smallest absolute Gasteiger partial charge is 0.407 e. The van der Waals surface area contributed by atoms with E-state index in [-0.39, 0.29) is 117 Å². The van der Waals surface area contributed by atoms with Crippen molar-refractivity contribution in [1.82, 2.24) is 61.5 Å². The van der Waals surface area contributed by atoms with Crippen LogP contribution in [0.2, 0.25) is 0 Å². The number of carbonyl (C=O) groups is 7. The predicted octanol–water partition coefficient (Wildman–Crippen LogP) is 6.85. The lowest BCUT2D eigenvalue weighted by atomic mass is 9.87. The van der Waals surface area contributed by atoms with Crippen LogP contribution in [0.3, 0.4) is 0 Å². The fraction of sp³-hybridized carbons (Fsp3) is 0.451. The first kappa shape index (κ1) is 76.2. The van der Waals surface area contributed by atoms with Crippen LogP contribution in [-0.2, 0) is 46.4 Å². The van der Waals surface area contributed by atoms with E-state index < -0.39 is 60.3 Å². The van der Waals surface area contributed by atoms with Crippen LogP contribution in [0.4, 0.5) is 16.4 Å². The van der Waals surface area contributed by atoms with Gasteiger partial charge in [0.15, 0.2) is 11.2 Å². The number of nitrogen functional groups attached to an aromatic ring is 1. The molecule has 28 heteroatoms. The number of carbonyl (C=O) groups excluding carboxylic acids is 6. The number of nitrogens with zero attached hydrogens (tertiary/aromatic N) is 7. The number of carboxylic acid groups (broad SMARTS) is 1. The summed E-state index contributed by atoms with van der Waals surface area (Å²) in [4.78, 5) is 107. The van der Waals surface area contributed by atoms with Crippen LogP contribution in [0.1, 0.15) is 144 Å². The maximum atomic E-state index is 13.6. The molecule has 5 amide bonds. The second-order valence-corrected chi connectivity index (χ2v) is 24.9. The molecule has 5 aromatic rings. The topological polar surface area (TPSA) is 414 Å². The Morgan fingerprint density at radius 3 is 2.35 bits per heavy atom. The molecule has 13 N–H and O–H groups in total. The number of aromatic hydroxyl groups is 1. The van der Waals surface area contributed by atoms with E-state index in [1.54, 1.807) is 61.7 Å². The van der Waals surface area contributed by atoms with Gasteiger partial charge in [-0.3, -0.25) is 19.2 Å². The third kappa shape index (κ3) is 25.0. The van der Waals surface area contributed by atoms with Crippen LogP contribution in [0, 0.1) is 11.8 Å². The summed E-state index contributed by atoms with van der Waals surface area (Å²) in [5, 5.41) is 56.8. The number of allylic oxidation sites excluding steroid dienone is 7. The molecule has 0 bridgehead atoms. The Kier molecular flexibility index (Phi) is 29.8. The predicted molar refractivity (Wildman–Crippen MR) is 372 cm³/mol. The molecule has 3 unspecified atom stereocenters. The molecule has 28 nitrogen and oxygen atoms in total. The number of hydrogen-bond donors (Lipinski definition) is 11. The number of ether oxygens (including phenoxy) is 3. The summed E-state index contributed by atoms with van der Waals surface area (Å²) in [6.45, 7) is 12.5. The van der Waals surface area contributed by atoms with Crippen molar-refractivity contribution in [3.05, 3.63) is 155 Å². The maximum Gasteiger partial charge on any atom is 0.407 e. The highest BCUT2D eigenvalue weighted by molar-refractivity contribution is 5.95. The van der Waals surface area contributed by atoms with Crippen LogP contribution >= 0.6 is 0 Å².